The number of hydrogen-bond donors (Lipinski definition) is 0. The second-order valence-corrected chi connectivity index (χ2v) is 6.38. The Morgan fingerprint density at radius 3 is 2.50 bits per heavy atom. The Morgan fingerprint density at radius 1 is 1.21 bits per heavy atom. The number of piperazine rings is 1. The lowest BCUT2D eigenvalue weighted by Gasteiger charge is -2.41. The summed E-state index contributed by atoms with van der Waals surface area (Å²) in [6, 6.07) is 12.1. The summed E-state index contributed by atoms with van der Waals surface area (Å²) in [6.45, 7) is 6.22. The molecule has 5 nitrogen and oxygen atoms in total. The van der Waals surface area contributed by atoms with Crippen molar-refractivity contribution < 1.29 is 9.59 Å². The Hall–Kier alpha value is -2.56. The number of hydrogen-bond acceptors (Lipinski definition) is 3. The smallest absolute Gasteiger partial charge is 0.270 e. The number of rotatable bonds is 3. The minimum Gasteiger partial charge on any atom is -0.368 e. The van der Waals surface area contributed by atoms with Crippen LogP contribution < -0.4 is 4.90 Å². The van der Waals surface area contributed by atoms with E-state index >= 15 is 0 Å². The largest absolute Gasteiger partial charge is 0.368 e. The first-order chi connectivity index (χ1) is 11.5. The number of amides is 1. The fraction of sp³-hybridized carbons (Fsp3) is 0.368. The van der Waals surface area contributed by atoms with Crippen molar-refractivity contribution in [3.63, 3.8) is 0 Å². The van der Waals surface area contributed by atoms with Gasteiger partial charge in [-0.15, -0.1) is 0 Å². The molecular weight excluding hydrogens is 302 g/mol. The maximum Gasteiger partial charge on any atom is 0.270 e. The summed E-state index contributed by atoms with van der Waals surface area (Å²) >= 11 is 0. The van der Waals surface area contributed by atoms with Gasteiger partial charge in [0, 0.05) is 49.7 Å². The maximum absolute atomic E-state index is 12.9. The molecule has 5 heteroatoms. The number of aldehydes is 1. The Balaban J connectivity index is 1.77. The van der Waals surface area contributed by atoms with Gasteiger partial charge in [0.15, 0.2) is 6.29 Å². The van der Waals surface area contributed by atoms with Gasteiger partial charge in [-0.25, -0.2) is 0 Å². The summed E-state index contributed by atoms with van der Waals surface area (Å²) in [6.07, 6.45) is 0.808. The molecule has 1 amide bonds. The van der Waals surface area contributed by atoms with Crippen LogP contribution in [-0.4, -0.2) is 47.3 Å². The van der Waals surface area contributed by atoms with Gasteiger partial charge < -0.3 is 14.4 Å². The molecule has 0 radical (unpaired) electrons. The Labute approximate surface area is 142 Å². The van der Waals surface area contributed by atoms with E-state index in [9.17, 15) is 9.59 Å². The molecule has 1 saturated heterocycles. The maximum atomic E-state index is 12.9. The molecule has 0 unspecified atom stereocenters. The number of carbonyl (C=O) groups is 2. The van der Waals surface area contributed by atoms with Crippen LogP contribution in [0, 0.1) is 6.92 Å². The van der Waals surface area contributed by atoms with Gasteiger partial charge in [-0.3, -0.25) is 9.59 Å². The van der Waals surface area contributed by atoms with Crippen molar-refractivity contribution in [2.45, 2.75) is 19.9 Å². The Bertz CT molecular complexity index is 751. The molecule has 0 N–H and O–H groups in total. The van der Waals surface area contributed by atoms with Crippen molar-refractivity contribution in [2.24, 2.45) is 7.05 Å². The summed E-state index contributed by atoms with van der Waals surface area (Å²) < 4.78 is 1.81. The van der Waals surface area contributed by atoms with Gasteiger partial charge >= 0.3 is 0 Å². The summed E-state index contributed by atoms with van der Waals surface area (Å²) in [5.41, 5.74) is 3.17. The van der Waals surface area contributed by atoms with Crippen molar-refractivity contribution in [3.8, 4) is 0 Å². The number of aromatic nitrogens is 1. The second-order valence-electron chi connectivity index (χ2n) is 6.38. The van der Waals surface area contributed by atoms with Gasteiger partial charge in [-0.1, -0.05) is 18.2 Å². The number of para-hydroxylation sites is 1. The van der Waals surface area contributed by atoms with Crippen LogP contribution in [0.5, 0.6) is 0 Å². The topological polar surface area (TPSA) is 45.6 Å². The first kappa shape index (κ1) is 16.3. The van der Waals surface area contributed by atoms with E-state index in [4.69, 9.17) is 0 Å². The third-order valence-corrected chi connectivity index (χ3v) is 4.93. The van der Waals surface area contributed by atoms with Crippen LogP contribution in [0.3, 0.4) is 0 Å². The van der Waals surface area contributed by atoms with E-state index in [-0.39, 0.29) is 11.9 Å². The number of nitrogens with zero attached hydrogens (tertiary/aromatic N) is 3. The van der Waals surface area contributed by atoms with Crippen molar-refractivity contribution in [1.82, 2.24) is 9.47 Å². The third kappa shape index (κ3) is 2.82. The zero-order chi connectivity index (χ0) is 17.3. The molecule has 0 saturated carbocycles. The molecule has 1 aromatic heterocycles. The Kier molecular flexibility index (Phi) is 4.42. The molecular formula is C19H23N3O2. The van der Waals surface area contributed by atoms with Gasteiger partial charge in [-0.05, 0) is 32.0 Å². The van der Waals surface area contributed by atoms with E-state index in [2.05, 4.69) is 24.0 Å². The van der Waals surface area contributed by atoms with Gasteiger partial charge in [-0.2, -0.15) is 0 Å². The minimum atomic E-state index is -0.00564. The SMILES string of the molecule is Cc1c(C=O)cc(C(=O)N2CCN(c3ccccc3)C[C@@H]2C)n1C. The molecule has 1 atom stereocenters. The average Bonchev–Trinajstić information content (AvgIpc) is 2.90. The predicted molar refractivity (Wildman–Crippen MR) is 94.7 cm³/mol. The highest BCUT2D eigenvalue weighted by atomic mass is 16.2. The van der Waals surface area contributed by atoms with Crippen LogP contribution in [0.1, 0.15) is 33.5 Å². The van der Waals surface area contributed by atoms with Crippen molar-refractivity contribution in [3.05, 3.63) is 53.3 Å². The minimum absolute atomic E-state index is 0.00564. The molecule has 0 aliphatic carbocycles. The summed E-state index contributed by atoms with van der Waals surface area (Å²) in [5, 5.41) is 0. The molecule has 0 spiro atoms. The van der Waals surface area contributed by atoms with E-state index in [0.717, 1.165) is 25.1 Å². The number of anilines is 1. The second kappa shape index (κ2) is 6.51. The van der Waals surface area contributed by atoms with Crippen LogP contribution in [0.4, 0.5) is 5.69 Å². The van der Waals surface area contributed by atoms with Crippen LogP contribution in [0.2, 0.25) is 0 Å². The van der Waals surface area contributed by atoms with Crippen LogP contribution in [0.25, 0.3) is 0 Å². The molecule has 3 rings (SSSR count). The van der Waals surface area contributed by atoms with E-state index in [0.29, 0.717) is 17.8 Å². The van der Waals surface area contributed by atoms with E-state index in [1.54, 1.807) is 6.07 Å². The monoisotopic (exact) mass is 325 g/mol. The number of benzene rings is 1. The van der Waals surface area contributed by atoms with Gasteiger partial charge in [0.25, 0.3) is 5.91 Å². The van der Waals surface area contributed by atoms with Gasteiger partial charge in [0.1, 0.15) is 5.69 Å². The molecule has 2 heterocycles. The molecule has 24 heavy (non-hydrogen) atoms. The lowest BCUT2D eigenvalue weighted by Crippen LogP contribution is -2.54. The molecule has 0 bridgehead atoms. The first-order valence-electron chi connectivity index (χ1n) is 8.25. The zero-order valence-electron chi connectivity index (χ0n) is 14.4. The molecule has 2 aromatic rings. The summed E-state index contributed by atoms with van der Waals surface area (Å²) in [7, 11) is 1.83. The van der Waals surface area contributed by atoms with Crippen molar-refractivity contribution >= 4 is 17.9 Å². The standard InChI is InChI=1S/C19H23N3O2/c1-14-12-21(17-7-5-4-6-8-17)9-10-22(14)19(24)18-11-16(13-23)15(2)20(18)3/h4-8,11,13-14H,9-10,12H2,1-3H3/t14-/m0/s1. The predicted octanol–water partition coefficient (Wildman–Crippen LogP) is 2.50. The fourth-order valence-electron chi connectivity index (χ4n) is 3.33. The highest BCUT2D eigenvalue weighted by molar-refractivity contribution is 5.95. The van der Waals surface area contributed by atoms with Crippen LogP contribution in [-0.2, 0) is 7.05 Å². The first-order valence-corrected chi connectivity index (χ1v) is 8.25. The van der Waals surface area contributed by atoms with Gasteiger partial charge in [0.2, 0.25) is 0 Å². The lowest BCUT2D eigenvalue weighted by atomic mass is 10.1. The molecule has 126 valence electrons. The third-order valence-electron chi connectivity index (χ3n) is 4.93. The zero-order valence-corrected chi connectivity index (χ0v) is 14.4. The molecule has 1 fully saturated rings. The highest BCUT2D eigenvalue weighted by Gasteiger charge is 2.30. The molecule has 1 aliphatic rings. The molecule has 1 aromatic carbocycles. The lowest BCUT2D eigenvalue weighted by molar-refractivity contribution is 0.0664. The van der Waals surface area contributed by atoms with E-state index < -0.39 is 0 Å². The quantitative estimate of drug-likeness (QED) is 0.815. The fourth-order valence-corrected chi connectivity index (χ4v) is 3.33. The Morgan fingerprint density at radius 2 is 1.92 bits per heavy atom. The van der Waals surface area contributed by atoms with E-state index in [1.807, 2.05) is 41.6 Å². The number of carbonyl (C=O) groups excluding carboxylic acids is 2. The van der Waals surface area contributed by atoms with Gasteiger partial charge in [0.05, 0.1) is 0 Å². The van der Waals surface area contributed by atoms with E-state index in [1.165, 1.54) is 5.69 Å². The van der Waals surface area contributed by atoms with Crippen LogP contribution in [0.15, 0.2) is 36.4 Å². The van der Waals surface area contributed by atoms with Crippen LogP contribution >= 0.6 is 0 Å². The summed E-state index contributed by atoms with van der Waals surface area (Å²) in [4.78, 5) is 28.2. The van der Waals surface area contributed by atoms with Crippen molar-refractivity contribution in [2.75, 3.05) is 24.5 Å². The van der Waals surface area contributed by atoms with Crippen molar-refractivity contribution in [1.29, 1.82) is 0 Å². The summed E-state index contributed by atoms with van der Waals surface area (Å²) in [5.74, 6) is -0.00564. The molecule has 1 aliphatic heterocycles. The highest BCUT2D eigenvalue weighted by Crippen LogP contribution is 2.21. The average molecular weight is 325 g/mol. The normalized spacial score (nSPS) is 17.9.